The minimum Gasteiger partial charge on any atom is -0.469 e. The summed E-state index contributed by atoms with van der Waals surface area (Å²) >= 11 is 5.88. The molecule has 0 spiro atoms. The number of benzene rings is 1. The molecule has 0 aromatic heterocycles. The second-order valence-corrected chi connectivity index (χ2v) is 6.74. The van der Waals surface area contributed by atoms with Crippen LogP contribution in [0.4, 0.5) is 10.5 Å². The first-order valence-electron chi connectivity index (χ1n) is 8.42. The maximum Gasteiger partial charge on any atom is 0.322 e. The average molecular weight is 353 g/mol. The largest absolute Gasteiger partial charge is 0.469 e. The van der Waals surface area contributed by atoms with Gasteiger partial charge in [0, 0.05) is 23.3 Å². The van der Waals surface area contributed by atoms with Crippen LogP contribution in [0.15, 0.2) is 24.3 Å². The van der Waals surface area contributed by atoms with Crippen LogP contribution < -0.4 is 5.32 Å². The molecule has 5 nitrogen and oxygen atoms in total. The van der Waals surface area contributed by atoms with Crippen LogP contribution in [0.3, 0.4) is 0 Å². The molecule has 1 aromatic rings. The Balaban J connectivity index is 2.09. The number of rotatable bonds is 5. The quantitative estimate of drug-likeness (QED) is 0.803. The van der Waals surface area contributed by atoms with Gasteiger partial charge < -0.3 is 15.0 Å². The van der Waals surface area contributed by atoms with E-state index in [2.05, 4.69) is 5.32 Å². The number of hydrogen-bond donors (Lipinski definition) is 1. The van der Waals surface area contributed by atoms with E-state index in [1.165, 1.54) is 13.5 Å². The lowest BCUT2D eigenvalue weighted by atomic mass is 9.93. The van der Waals surface area contributed by atoms with E-state index >= 15 is 0 Å². The Bertz CT molecular complexity index is 556. The third-order valence-electron chi connectivity index (χ3n) is 4.45. The fraction of sp³-hybridized carbons (Fsp3) is 0.556. The van der Waals surface area contributed by atoms with E-state index in [0.29, 0.717) is 17.3 Å². The van der Waals surface area contributed by atoms with Gasteiger partial charge in [-0.15, -0.1) is 0 Å². The van der Waals surface area contributed by atoms with Gasteiger partial charge in [-0.25, -0.2) is 4.79 Å². The molecule has 1 saturated carbocycles. The van der Waals surface area contributed by atoms with E-state index in [-0.39, 0.29) is 24.0 Å². The van der Waals surface area contributed by atoms with Crippen molar-refractivity contribution in [3.8, 4) is 0 Å². The van der Waals surface area contributed by atoms with Crippen LogP contribution in [0.25, 0.3) is 0 Å². The summed E-state index contributed by atoms with van der Waals surface area (Å²) in [5.74, 6) is -0.650. The molecule has 1 fully saturated rings. The number of carbonyl (C=O) groups is 2. The number of carbonyl (C=O) groups excluding carboxylic acids is 2. The van der Waals surface area contributed by atoms with Crippen LogP contribution in [0.1, 0.15) is 39.0 Å². The first-order chi connectivity index (χ1) is 11.5. The van der Waals surface area contributed by atoms with Crippen molar-refractivity contribution in [2.45, 2.75) is 45.1 Å². The summed E-state index contributed by atoms with van der Waals surface area (Å²) in [6.07, 6.45) is 5.38. The van der Waals surface area contributed by atoms with E-state index in [9.17, 15) is 9.59 Å². The minimum atomic E-state index is -0.354. The van der Waals surface area contributed by atoms with Crippen molar-refractivity contribution in [3.05, 3.63) is 29.3 Å². The lowest BCUT2D eigenvalue weighted by molar-refractivity contribution is -0.145. The van der Waals surface area contributed by atoms with Crippen LogP contribution in [0.2, 0.25) is 5.02 Å². The molecule has 0 radical (unpaired) electrons. The molecule has 0 bridgehead atoms. The van der Waals surface area contributed by atoms with Crippen LogP contribution in [0, 0.1) is 5.92 Å². The van der Waals surface area contributed by atoms with Gasteiger partial charge in [-0.05, 0) is 37.1 Å². The van der Waals surface area contributed by atoms with Crippen LogP contribution >= 0.6 is 11.6 Å². The molecule has 2 rings (SSSR count). The fourth-order valence-electron chi connectivity index (χ4n) is 3.09. The number of halogens is 1. The van der Waals surface area contributed by atoms with Crippen molar-refractivity contribution in [2.75, 3.05) is 19.0 Å². The highest BCUT2D eigenvalue weighted by atomic mass is 35.5. The molecular formula is C18H25ClN2O3. The summed E-state index contributed by atoms with van der Waals surface area (Å²) < 4.78 is 4.80. The predicted molar refractivity (Wildman–Crippen MR) is 95.2 cm³/mol. The van der Waals surface area contributed by atoms with Crippen molar-refractivity contribution in [1.82, 2.24) is 4.90 Å². The minimum absolute atomic E-state index is 0.165. The Kier molecular flexibility index (Phi) is 6.91. The molecule has 1 N–H and O–H groups in total. The summed E-state index contributed by atoms with van der Waals surface area (Å²) in [5.41, 5.74) is 0.691. The van der Waals surface area contributed by atoms with Crippen molar-refractivity contribution in [2.24, 2.45) is 5.92 Å². The van der Waals surface area contributed by atoms with E-state index in [1.807, 2.05) is 0 Å². The Hall–Kier alpha value is -1.75. The van der Waals surface area contributed by atoms with Gasteiger partial charge in [0.15, 0.2) is 0 Å². The van der Waals surface area contributed by atoms with Gasteiger partial charge in [-0.1, -0.05) is 37.8 Å². The molecule has 0 saturated heterocycles. The predicted octanol–water partition coefficient (Wildman–Crippen LogP) is 4.32. The zero-order chi connectivity index (χ0) is 17.5. The zero-order valence-electron chi connectivity index (χ0n) is 14.3. The highest BCUT2D eigenvalue weighted by molar-refractivity contribution is 6.30. The van der Waals surface area contributed by atoms with E-state index in [1.54, 1.807) is 36.1 Å². The molecule has 2 amide bonds. The zero-order valence-corrected chi connectivity index (χ0v) is 15.0. The number of anilines is 1. The molecule has 1 aliphatic rings. The van der Waals surface area contributed by atoms with Crippen molar-refractivity contribution >= 4 is 29.3 Å². The first kappa shape index (κ1) is 18.6. The molecule has 0 heterocycles. The Labute approximate surface area is 148 Å². The molecule has 0 aliphatic heterocycles. The van der Waals surface area contributed by atoms with Gasteiger partial charge in [-0.2, -0.15) is 0 Å². The van der Waals surface area contributed by atoms with Gasteiger partial charge in [0.2, 0.25) is 0 Å². The van der Waals surface area contributed by atoms with Gasteiger partial charge in [-0.3, -0.25) is 4.79 Å². The maximum absolute atomic E-state index is 12.8. The first-order valence-corrected chi connectivity index (χ1v) is 8.80. The molecule has 1 aromatic carbocycles. The molecule has 1 unspecified atom stereocenters. The van der Waals surface area contributed by atoms with Crippen LogP contribution in [-0.2, 0) is 9.53 Å². The summed E-state index contributed by atoms with van der Waals surface area (Å²) in [4.78, 5) is 26.3. The van der Waals surface area contributed by atoms with Crippen LogP contribution in [-0.4, -0.2) is 36.6 Å². The number of nitrogens with zero attached hydrogens (tertiary/aromatic N) is 1. The molecule has 1 atom stereocenters. The van der Waals surface area contributed by atoms with Crippen LogP contribution in [0.5, 0.6) is 0 Å². The summed E-state index contributed by atoms with van der Waals surface area (Å²) in [7, 11) is 1.37. The number of urea groups is 1. The average Bonchev–Trinajstić information content (AvgIpc) is 2.61. The second-order valence-electron chi connectivity index (χ2n) is 6.31. The molecule has 1 aliphatic carbocycles. The smallest absolute Gasteiger partial charge is 0.322 e. The Morgan fingerprint density at radius 2 is 1.88 bits per heavy atom. The maximum atomic E-state index is 12.8. The molecular weight excluding hydrogens is 328 g/mol. The molecule has 24 heavy (non-hydrogen) atoms. The summed E-state index contributed by atoms with van der Waals surface area (Å²) in [6, 6.07) is 6.99. The second kappa shape index (κ2) is 8.92. The third-order valence-corrected chi connectivity index (χ3v) is 4.70. The normalized spacial score (nSPS) is 16.3. The standard InChI is InChI=1S/C18H25ClN2O3/c1-13(17(22)24-2)12-21(16-6-4-3-5-7-16)18(23)20-15-10-8-14(19)9-11-15/h8-11,13,16H,3-7,12H2,1-2H3,(H,20,23). The Morgan fingerprint density at radius 3 is 2.46 bits per heavy atom. The van der Waals surface area contributed by atoms with Crippen molar-refractivity contribution in [3.63, 3.8) is 0 Å². The Morgan fingerprint density at radius 1 is 1.25 bits per heavy atom. The number of esters is 1. The SMILES string of the molecule is COC(=O)C(C)CN(C(=O)Nc1ccc(Cl)cc1)C1CCCCC1. The van der Waals surface area contributed by atoms with Crippen molar-refractivity contribution < 1.29 is 14.3 Å². The number of nitrogens with one attached hydrogen (secondary N) is 1. The van der Waals surface area contributed by atoms with E-state index < -0.39 is 0 Å². The van der Waals surface area contributed by atoms with Gasteiger partial charge >= 0.3 is 12.0 Å². The highest BCUT2D eigenvalue weighted by Crippen LogP contribution is 2.24. The summed E-state index contributed by atoms with van der Waals surface area (Å²) in [6.45, 7) is 2.15. The monoisotopic (exact) mass is 352 g/mol. The molecule has 6 heteroatoms. The highest BCUT2D eigenvalue weighted by Gasteiger charge is 2.29. The number of methoxy groups -OCH3 is 1. The fourth-order valence-corrected chi connectivity index (χ4v) is 3.22. The number of amides is 2. The van der Waals surface area contributed by atoms with Gasteiger partial charge in [0.05, 0.1) is 13.0 Å². The number of hydrogen-bond acceptors (Lipinski definition) is 3. The van der Waals surface area contributed by atoms with Crippen molar-refractivity contribution in [1.29, 1.82) is 0 Å². The lowest BCUT2D eigenvalue weighted by Gasteiger charge is -2.35. The topological polar surface area (TPSA) is 58.6 Å². The third kappa shape index (κ3) is 5.13. The van der Waals surface area contributed by atoms with E-state index in [4.69, 9.17) is 16.3 Å². The van der Waals surface area contributed by atoms with Gasteiger partial charge in [0.1, 0.15) is 0 Å². The lowest BCUT2D eigenvalue weighted by Crippen LogP contribution is -2.47. The van der Waals surface area contributed by atoms with E-state index in [0.717, 1.165) is 25.7 Å². The number of ether oxygens (including phenoxy) is 1. The van der Waals surface area contributed by atoms with Gasteiger partial charge in [0.25, 0.3) is 0 Å². The summed E-state index contributed by atoms with van der Waals surface area (Å²) in [5, 5.41) is 3.53. The molecule has 132 valence electrons.